The Morgan fingerprint density at radius 1 is 1.17 bits per heavy atom. The van der Waals surface area contributed by atoms with E-state index >= 15 is 0 Å². The molecule has 0 saturated heterocycles. The summed E-state index contributed by atoms with van der Waals surface area (Å²) in [6, 6.07) is 7.59. The lowest BCUT2D eigenvalue weighted by Gasteiger charge is -2.19. The van der Waals surface area contributed by atoms with Crippen LogP contribution in [0.3, 0.4) is 0 Å². The number of hydrogen-bond donors (Lipinski definition) is 0. The van der Waals surface area contributed by atoms with E-state index in [4.69, 9.17) is 11.6 Å². The third-order valence-electron chi connectivity index (χ3n) is 3.65. The predicted octanol–water partition coefficient (Wildman–Crippen LogP) is 6.18. The van der Waals surface area contributed by atoms with E-state index in [2.05, 4.69) is 22.7 Å². The first-order chi connectivity index (χ1) is 11.1. The van der Waals surface area contributed by atoms with Gasteiger partial charge in [-0.2, -0.15) is 0 Å². The van der Waals surface area contributed by atoms with E-state index in [1.54, 1.807) is 4.31 Å². The number of nitrogens with zero attached hydrogens (tertiary/aromatic N) is 1. The van der Waals surface area contributed by atoms with Crippen molar-refractivity contribution in [2.24, 2.45) is 0 Å². The molecule has 1 heterocycles. The number of carbonyl (C=O) groups excluding carboxylic acids is 1. The molecule has 0 fully saturated rings. The summed E-state index contributed by atoms with van der Waals surface area (Å²) in [5.74, 6) is -0.00256. The van der Waals surface area contributed by atoms with Gasteiger partial charge < -0.3 is 0 Å². The Balaban J connectivity index is 0.00000127. The minimum absolute atomic E-state index is 0.00256. The van der Waals surface area contributed by atoms with Crippen LogP contribution in [0.25, 0.3) is 5.70 Å². The Labute approximate surface area is 152 Å². The minimum Gasteiger partial charge on any atom is -0.268 e. The van der Waals surface area contributed by atoms with Gasteiger partial charge in [0, 0.05) is 5.56 Å². The standard InChI is InChI=1S/C17H22ClNOS.CH5P/c1-3-4-5-6-7-12-16(18)21-19-13(2)14-10-8-9-11-15(14)17(19)20;1-2/h8-11,16H,2-7,12H2,1H3;2H2,1H3. The van der Waals surface area contributed by atoms with Crippen molar-refractivity contribution in [3.8, 4) is 0 Å². The lowest BCUT2D eigenvalue weighted by molar-refractivity contribution is 0.0924. The van der Waals surface area contributed by atoms with E-state index in [1.165, 1.54) is 37.6 Å². The van der Waals surface area contributed by atoms with Crippen molar-refractivity contribution in [2.75, 3.05) is 6.66 Å². The number of hydrogen-bond acceptors (Lipinski definition) is 2. The molecule has 0 spiro atoms. The summed E-state index contributed by atoms with van der Waals surface area (Å²) in [5.41, 5.74) is 2.39. The summed E-state index contributed by atoms with van der Waals surface area (Å²) in [5, 5.41) is 0. The average Bonchev–Trinajstić information content (AvgIpc) is 2.82. The topological polar surface area (TPSA) is 20.3 Å². The number of carbonyl (C=O) groups is 1. The van der Waals surface area contributed by atoms with Crippen LogP contribution in [0, 0.1) is 0 Å². The number of alkyl halides is 1. The van der Waals surface area contributed by atoms with Crippen LogP contribution in [0.15, 0.2) is 30.8 Å². The smallest absolute Gasteiger partial charge is 0.268 e. The fourth-order valence-electron chi connectivity index (χ4n) is 2.45. The van der Waals surface area contributed by atoms with Crippen molar-refractivity contribution in [2.45, 2.75) is 50.2 Å². The second-order valence-corrected chi connectivity index (χ2v) is 7.24. The van der Waals surface area contributed by atoms with Crippen LogP contribution < -0.4 is 0 Å². The first-order valence-corrected chi connectivity index (χ1v) is 10.6. The maximum absolute atomic E-state index is 12.3. The molecule has 0 saturated carbocycles. The van der Waals surface area contributed by atoms with Crippen molar-refractivity contribution in [1.29, 1.82) is 0 Å². The Morgan fingerprint density at radius 3 is 2.39 bits per heavy atom. The summed E-state index contributed by atoms with van der Waals surface area (Å²) in [6.07, 6.45) is 7.06. The van der Waals surface area contributed by atoms with Crippen LogP contribution in [0.1, 0.15) is 61.4 Å². The third-order valence-corrected chi connectivity index (χ3v) is 5.17. The Kier molecular flexibility index (Phi) is 9.94. The average molecular weight is 372 g/mol. The molecule has 1 aromatic carbocycles. The Morgan fingerprint density at radius 2 is 1.78 bits per heavy atom. The maximum atomic E-state index is 12.3. The van der Waals surface area contributed by atoms with Crippen LogP contribution in [-0.2, 0) is 0 Å². The van der Waals surface area contributed by atoms with E-state index < -0.39 is 0 Å². The second kappa shape index (κ2) is 11.1. The highest BCUT2D eigenvalue weighted by molar-refractivity contribution is 7.99. The Bertz CT molecular complexity index is 488. The highest BCUT2D eigenvalue weighted by Crippen LogP contribution is 2.39. The molecule has 2 rings (SSSR count). The van der Waals surface area contributed by atoms with Crippen LogP contribution in [0.5, 0.6) is 0 Å². The van der Waals surface area contributed by atoms with Crippen LogP contribution in [0.4, 0.5) is 0 Å². The van der Waals surface area contributed by atoms with Gasteiger partial charge in [-0.05, 0) is 24.4 Å². The molecule has 2 unspecified atom stereocenters. The summed E-state index contributed by atoms with van der Waals surface area (Å²) < 4.78 is 1.57. The lowest BCUT2D eigenvalue weighted by Crippen LogP contribution is -2.17. The molecule has 0 aromatic heterocycles. The summed E-state index contributed by atoms with van der Waals surface area (Å²) in [4.78, 5) is 12.3. The summed E-state index contributed by atoms with van der Waals surface area (Å²) >= 11 is 7.77. The zero-order valence-corrected chi connectivity index (χ0v) is 16.8. The van der Waals surface area contributed by atoms with Crippen molar-refractivity contribution in [3.05, 3.63) is 42.0 Å². The molecule has 5 heteroatoms. The van der Waals surface area contributed by atoms with Gasteiger partial charge in [0.25, 0.3) is 5.91 Å². The molecule has 2 atom stereocenters. The van der Waals surface area contributed by atoms with E-state index in [-0.39, 0.29) is 10.6 Å². The van der Waals surface area contributed by atoms with Crippen LogP contribution in [0.2, 0.25) is 0 Å². The number of halogens is 1. The summed E-state index contributed by atoms with van der Waals surface area (Å²) in [6.45, 7) is 8.15. The quantitative estimate of drug-likeness (QED) is 0.235. The predicted molar refractivity (Wildman–Crippen MR) is 108 cm³/mol. The van der Waals surface area contributed by atoms with Gasteiger partial charge in [-0.15, -0.1) is 20.8 Å². The first-order valence-electron chi connectivity index (χ1n) is 8.16. The molecule has 1 amide bonds. The largest absolute Gasteiger partial charge is 0.269 e. The zero-order valence-electron chi connectivity index (χ0n) is 14.1. The normalized spacial score (nSPS) is 14.3. The number of fused-ring (bicyclic) bond motifs is 1. The molecule has 0 N–H and O–H groups in total. The molecule has 0 bridgehead atoms. The van der Waals surface area contributed by atoms with Crippen LogP contribution >= 0.6 is 32.8 Å². The second-order valence-electron chi connectivity index (χ2n) is 5.31. The molecule has 1 aliphatic rings. The van der Waals surface area contributed by atoms with E-state index in [0.29, 0.717) is 0 Å². The minimum atomic E-state index is -0.0818. The van der Waals surface area contributed by atoms with E-state index in [0.717, 1.165) is 29.7 Å². The van der Waals surface area contributed by atoms with Crippen LogP contribution in [-0.4, -0.2) is 21.6 Å². The SMILES string of the molecule is C=C1c2ccccc2C(=O)N1SC(Cl)CCCCCCC.CP. The van der Waals surface area contributed by atoms with E-state index in [1.807, 2.05) is 30.9 Å². The monoisotopic (exact) mass is 371 g/mol. The molecule has 2 nitrogen and oxygen atoms in total. The van der Waals surface area contributed by atoms with Gasteiger partial charge >= 0.3 is 0 Å². The number of benzene rings is 1. The molecular formula is C18H27ClNOPS. The number of amides is 1. The molecule has 128 valence electrons. The van der Waals surface area contributed by atoms with Gasteiger partial charge in [-0.1, -0.05) is 70.5 Å². The fourth-order valence-corrected chi connectivity index (χ4v) is 3.76. The van der Waals surface area contributed by atoms with Gasteiger partial charge in [0.2, 0.25) is 0 Å². The Hall–Kier alpha value is -0.500. The molecule has 0 aliphatic carbocycles. The van der Waals surface area contributed by atoms with Gasteiger partial charge in [0.05, 0.1) is 16.0 Å². The molecular weight excluding hydrogens is 345 g/mol. The molecule has 23 heavy (non-hydrogen) atoms. The van der Waals surface area contributed by atoms with Gasteiger partial charge in [0.15, 0.2) is 0 Å². The van der Waals surface area contributed by atoms with Gasteiger partial charge in [-0.25, -0.2) is 4.31 Å². The third kappa shape index (κ3) is 5.81. The van der Waals surface area contributed by atoms with Crippen molar-refractivity contribution in [1.82, 2.24) is 4.31 Å². The van der Waals surface area contributed by atoms with Gasteiger partial charge in [-0.3, -0.25) is 4.79 Å². The first kappa shape index (κ1) is 20.5. The molecule has 0 radical (unpaired) electrons. The highest BCUT2D eigenvalue weighted by atomic mass is 35.5. The van der Waals surface area contributed by atoms with E-state index in [9.17, 15) is 4.79 Å². The van der Waals surface area contributed by atoms with Crippen molar-refractivity contribution >= 4 is 44.4 Å². The maximum Gasteiger partial charge on any atom is 0.269 e. The highest BCUT2D eigenvalue weighted by Gasteiger charge is 2.32. The molecule has 1 aliphatic heterocycles. The van der Waals surface area contributed by atoms with Crippen molar-refractivity contribution in [3.63, 3.8) is 0 Å². The number of rotatable bonds is 8. The lowest BCUT2D eigenvalue weighted by atomic mass is 10.1. The fraction of sp³-hybridized carbons (Fsp3) is 0.500. The molecule has 1 aromatic rings. The number of unbranched alkanes of at least 4 members (excludes halogenated alkanes) is 4. The van der Waals surface area contributed by atoms with Gasteiger partial charge in [0.1, 0.15) is 0 Å². The zero-order chi connectivity index (χ0) is 17.2. The summed E-state index contributed by atoms with van der Waals surface area (Å²) in [7, 11) is 2.42. The van der Waals surface area contributed by atoms with Crippen molar-refractivity contribution < 1.29 is 4.79 Å².